The highest BCUT2D eigenvalue weighted by Crippen LogP contribution is 2.31. The summed E-state index contributed by atoms with van der Waals surface area (Å²) in [5.41, 5.74) is 0.908. The first-order valence-electron chi connectivity index (χ1n) is 6.37. The molecule has 0 saturated carbocycles. The van der Waals surface area contributed by atoms with Crippen LogP contribution in [0.5, 0.6) is 17.2 Å². The van der Waals surface area contributed by atoms with Crippen molar-refractivity contribution in [2.75, 3.05) is 20.3 Å². The Morgan fingerprint density at radius 3 is 2.35 bits per heavy atom. The number of benzene rings is 2. The van der Waals surface area contributed by atoms with Crippen molar-refractivity contribution in [3.8, 4) is 17.2 Å². The van der Waals surface area contributed by atoms with Gasteiger partial charge in [0, 0.05) is 5.56 Å². The second-order valence-electron chi connectivity index (χ2n) is 4.09. The lowest BCUT2D eigenvalue weighted by atomic mass is 10.2. The fraction of sp³-hybridized carbons (Fsp3) is 0.250. The molecule has 0 radical (unpaired) electrons. The molecule has 3 nitrogen and oxygen atoms in total. The van der Waals surface area contributed by atoms with E-state index in [1.165, 1.54) is 0 Å². The fourth-order valence-corrected chi connectivity index (χ4v) is 2.02. The molecular formula is C16H17ClO3. The van der Waals surface area contributed by atoms with Gasteiger partial charge in [-0.1, -0.05) is 30.3 Å². The van der Waals surface area contributed by atoms with Crippen molar-refractivity contribution in [3.05, 3.63) is 54.1 Å². The molecule has 0 aliphatic heterocycles. The summed E-state index contributed by atoms with van der Waals surface area (Å²) in [4.78, 5) is 0. The molecule has 4 heteroatoms. The van der Waals surface area contributed by atoms with Crippen LogP contribution >= 0.6 is 11.6 Å². The predicted molar refractivity (Wildman–Crippen MR) is 80.0 cm³/mol. The number of para-hydroxylation sites is 2. The summed E-state index contributed by atoms with van der Waals surface area (Å²) in [6.45, 7) is 0.892. The first-order valence-corrected chi connectivity index (χ1v) is 6.91. The van der Waals surface area contributed by atoms with Crippen molar-refractivity contribution in [3.63, 3.8) is 0 Å². The quantitative estimate of drug-likeness (QED) is 0.572. The van der Waals surface area contributed by atoms with Crippen LogP contribution in [0.25, 0.3) is 0 Å². The average Bonchev–Trinajstić information content (AvgIpc) is 2.52. The Morgan fingerprint density at radius 2 is 1.65 bits per heavy atom. The summed E-state index contributed by atoms with van der Waals surface area (Å²) in [6, 6.07) is 15.3. The SMILES string of the molecule is COc1cccc(CCl)c1OCCOc1ccccc1. The van der Waals surface area contributed by atoms with Crippen LogP contribution < -0.4 is 14.2 Å². The largest absolute Gasteiger partial charge is 0.493 e. The molecule has 106 valence electrons. The van der Waals surface area contributed by atoms with Crippen LogP contribution in [-0.2, 0) is 5.88 Å². The number of methoxy groups -OCH3 is 1. The van der Waals surface area contributed by atoms with E-state index in [1.807, 2.05) is 48.5 Å². The Bertz CT molecular complexity index is 506. The van der Waals surface area contributed by atoms with Crippen molar-refractivity contribution in [1.82, 2.24) is 0 Å². The standard InChI is InChI=1S/C16H17ClO3/c1-18-15-9-5-6-13(12-17)16(15)20-11-10-19-14-7-3-2-4-8-14/h2-9H,10-12H2,1H3. The molecule has 0 N–H and O–H groups in total. The molecule has 0 aromatic heterocycles. The first kappa shape index (κ1) is 14.5. The predicted octanol–water partition coefficient (Wildman–Crippen LogP) is 3.89. The van der Waals surface area contributed by atoms with Crippen LogP contribution in [0, 0.1) is 0 Å². The summed E-state index contributed by atoms with van der Waals surface area (Å²) < 4.78 is 16.6. The Morgan fingerprint density at radius 1 is 0.900 bits per heavy atom. The summed E-state index contributed by atoms with van der Waals surface area (Å²) in [6.07, 6.45) is 0. The number of ether oxygens (including phenoxy) is 3. The Labute approximate surface area is 124 Å². The van der Waals surface area contributed by atoms with E-state index in [2.05, 4.69) is 0 Å². The third kappa shape index (κ3) is 3.81. The summed E-state index contributed by atoms with van der Waals surface area (Å²) in [5.74, 6) is 2.57. The maximum atomic E-state index is 5.90. The minimum absolute atomic E-state index is 0.381. The zero-order chi connectivity index (χ0) is 14.2. The molecule has 0 atom stereocenters. The van der Waals surface area contributed by atoms with Gasteiger partial charge < -0.3 is 14.2 Å². The molecule has 20 heavy (non-hydrogen) atoms. The van der Waals surface area contributed by atoms with Crippen molar-refractivity contribution >= 4 is 11.6 Å². The number of rotatable bonds is 7. The molecule has 0 spiro atoms. The highest BCUT2D eigenvalue weighted by molar-refractivity contribution is 6.17. The minimum Gasteiger partial charge on any atom is -0.493 e. The third-order valence-electron chi connectivity index (χ3n) is 2.77. The summed E-state index contributed by atoms with van der Waals surface area (Å²) >= 11 is 5.90. The van der Waals surface area contributed by atoms with Crippen LogP contribution in [0.15, 0.2) is 48.5 Å². The van der Waals surface area contributed by atoms with Gasteiger partial charge in [-0.05, 0) is 18.2 Å². The van der Waals surface area contributed by atoms with Gasteiger partial charge in [0.15, 0.2) is 11.5 Å². The van der Waals surface area contributed by atoms with Gasteiger partial charge >= 0.3 is 0 Å². The number of hydrogen-bond donors (Lipinski definition) is 0. The van der Waals surface area contributed by atoms with Crippen LogP contribution in [-0.4, -0.2) is 20.3 Å². The van der Waals surface area contributed by atoms with E-state index < -0.39 is 0 Å². The van der Waals surface area contributed by atoms with Crippen molar-refractivity contribution in [2.24, 2.45) is 0 Å². The van der Waals surface area contributed by atoms with Crippen molar-refractivity contribution < 1.29 is 14.2 Å². The van der Waals surface area contributed by atoms with Gasteiger partial charge in [0.25, 0.3) is 0 Å². The van der Waals surface area contributed by atoms with Crippen LogP contribution in [0.2, 0.25) is 0 Å². The van der Waals surface area contributed by atoms with Crippen LogP contribution in [0.3, 0.4) is 0 Å². The van der Waals surface area contributed by atoms with E-state index in [0.717, 1.165) is 11.3 Å². The fourth-order valence-electron chi connectivity index (χ4n) is 1.81. The Hall–Kier alpha value is -1.87. The molecule has 0 unspecified atom stereocenters. The Balaban J connectivity index is 1.90. The van der Waals surface area contributed by atoms with Gasteiger partial charge in [0.2, 0.25) is 0 Å². The zero-order valence-corrected chi connectivity index (χ0v) is 12.1. The number of alkyl halides is 1. The van der Waals surface area contributed by atoms with Gasteiger partial charge in [-0.2, -0.15) is 0 Å². The summed E-state index contributed by atoms with van der Waals surface area (Å²) in [7, 11) is 1.61. The second-order valence-corrected chi connectivity index (χ2v) is 4.36. The van der Waals surface area contributed by atoms with Gasteiger partial charge in [0.1, 0.15) is 19.0 Å². The molecule has 0 amide bonds. The summed E-state index contributed by atoms with van der Waals surface area (Å²) in [5, 5.41) is 0. The highest BCUT2D eigenvalue weighted by Gasteiger charge is 2.09. The molecule has 0 saturated heterocycles. The van der Waals surface area contributed by atoms with Gasteiger partial charge in [-0.25, -0.2) is 0 Å². The van der Waals surface area contributed by atoms with Crippen molar-refractivity contribution in [1.29, 1.82) is 0 Å². The van der Waals surface area contributed by atoms with Crippen LogP contribution in [0.1, 0.15) is 5.56 Å². The van der Waals surface area contributed by atoms with E-state index >= 15 is 0 Å². The topological polar surface area (TPSA) is 27.7 Å². The maximum absolute atomic E-state index is 5.90. The zero-order valence-electron chi connectivity index (χ0n) is 11.3. The number of halogens is 1. The molecule has 0 aliphatic rings. The molecule has 2 aromatic rings. The van der Waals surface area contributed by atoms with E-state index in [0.29, 0.717) is 30.6 Å². The van der Waals surface area contributed by atoms with Crippen molar-refractivity contribution in [2.45, 2.75) is 5.88 Å². The highest BCUT2D eigenvalue weighted by atomic mass is 35.5. The van der Waals surface area contributed by atoms with Crippen LogP contribution in [0.4, 0.5) is 0 Å². The normalized spacial score (nSPS) is 10.1. The molecule has 2 aromatic carbocycles. The van der Waals surface area contributed by atoms with E-state index in [4.69, 9.17) is 25.8 Å². The molecule has 2 rings (SSSR count). The third-order valence-corrected chi connectivity index (χ3v) is 3.05. The lowest BCUT2D eigenvalue weighted by Gasteiger charge is -2.14. The maximum Gasteiger partial charge on any atom is 0.165 e. The van der Waals surface area contributed by atoms with E-state index in [9.17, 15) is 0 Å². The first-order chi connectivity index (χ1) is 9.85. The Kier molecular flexibility index (Phi) is 5.56. The van der Waals surface area contributed by atoms with E-state index in [1.54, 1.807) is 7.11 Å². The molecule has 0 heterocycles. The van der Waals surface area contributed by atoms with E-state index in [-0.39, 0.29) is 0 Å². The minimum atomic E-state index is 0.381. The lowest BCUT2D eigenvalue weighted by Crippen LogP contribution is -2.10. The van der Waals surface area contributed by atoms with Gasteiger partial charge in [-0.3, -0.25) is 0 Å². The molecular weight excluding hydrogens is 276 g/mol. The molecule has 0 aliphatic carbocycles. The molecule has 0 fully saturated rings. The lowest BCUT2D eigenvalue weighted by molar-refractivity contribution is 0.210. The second kappa shape index (κ2) is 7.65. The van der Waals surface area contributed by atoms with Gasteiger partial charge in [0.05, 0.1) is 13.0 Å². The monoisotopic (exact) mass is 292 g/mol. The molecule has 0 bridgehead atoms. The average molecular weight is 293 g/mol. The number of hydrogen-bond acceptors (Lipinski definition) is 3. The van der Waals surface area contributed by atoms with Gasteiger partial charge in [-0.15, -0.1) is 11.6 Å². The smallest absolute Gasteiger partial charge is 0.165 e.